The van der Waals surface area contributed by atoms with E-state index in [1.54, 1.807) is 11.3 Å². The summed E-state index contributed by atoms with van der Waals surface area (Å²) >= 11 is 1.70. The van der Waals surface area contributed by atoms with Crippen LogP contribution in [0.3, 0.4) is 0 Å². The lowest BCUT2D eigenvalue weighted by atomic mass is 10.2. The van der Waals surface area contributed by atoms with Crippen molar-refractivity contribution in [3.63, 3.8) is 0 Å². The van der Waals surface area contributed by atoms with E-state index in [2.05, 4.69) is 27.5 Å². The molecule has 7 heteroatoms. The molecule has 5 nitrogen and oxygen atoms in total. The minimum absolute atomic E-state index is 0. The number of benzene rings is 1. The lowest BCUT2D eigenvalue weighted by Crippen LogP contribution is -2.39. The number of ether oxygens (including phenoxy) is 1. The molecule has 1 heterocycles. The Balaban J connectivity index is 0.00000312. The van der Waals surface area contributed by atoms with Crippen LogP contribution in [-0.4, -0.2) is 30.6 Å². The van der Waals surface area contributed by atoms with Gasteiger partial charge in [0.1, 0.15) is 12.4 Å². The van der Waals surface area contributed by atoms with Gasteiger partial charge in [-0.25, -0.2) is 9.98 Å². The molecule has 0 amide bonds. The first-order valence-electron chi connectivity index (χ1n) is 8.23. The molecule has 0 unspecified atom stereocenters. The van der Waals surface area contributed by atoms with Gasteiger partial charge in [-0.3, -0.25) is 0 Å². The Morgan fingerprint density at radius 2 is 1.96 bits per heavy atom. The van der Waals surface area contributed by atoms with Gasteiger partial charge in [0.25, 0.3) is 0 Å². The first-order chi connectivity index (χ1) is 11.6. The highest BCUT2D eigenvalue weighted by atomic mass is 127. The zero-order valence-electron chi connectivity index (χ0n) is 15.3. The van der Waals surface area contributed by atoms with E-state index in [0.717, 1.165) is 34.5 Å². The molecule has 0 spiro atoms. The van der Waals surface area contributed by atoms with Gasteiger partial charge >= 0.3 is 0 Å². The van der Waals surface area contributed by atoms with E-state index in [1.807, 2.05) is 45.0 Å². The minimum atomic E-state index is 0. The largest absolute Gasteiger partial charge is 0.491 e. The number of halogens is 1. The summed E-state index contributed by atoms with van der Waals surface area (Å²) in [6, 6.07) is 8.04. The lowest BCUT2D eigenvalue weighted by molar-refractivity contribution is 0.320. The molecule has 2 rings (SSSR count). The number of aliphatic imine (C=N–C) groups is 1. The molecular formula is C18H27IN4OS. The van der Waals surface area contributed by atoms with Gasteiger partial charge in [0.05, 0.1) is 23.8 Å². The maximum Gasteiger partial charge on any atom is 0.191 e. The van der Waals surface area contributed by atoms with E-state index in [4.69, 9.17) is 4.74 Å². The highest BCUT2D eigenvalue weighted by molar-refractivity contribution is 14.0. The third-order valence-electron chi connectivity index (χ3n) is 3.47. The number of para-hydroxylation sites is 1. The monoisotopic (exact) mass is 474 g/mol. The molecule has 25 heavy (non-hydrogen) atoms. The SMILES string of the molecule is CCNC(=NCc1sc(C)nc1C)NCCOc1ccccc1C.I. The molecule has 0 saturated heterocycles. The molecule has 0 radical (unpaired) electrons. The van der Waals surface area contributed by atoms with Crippen molar-refractivity contribution < 1.29 is 4.74 Å². The van der Waals surface area contributed by atoms with Crippen molar-refractivity contribution in [3.8, 4) is 5.75 Å². The van der Waals surface area contributed by atoms with Crippen molar-refractivity contribution in [2.24, 2.45) is 4.99 Å². The fourth-order valence-electron chi connectivity index (χ4n) is 2.26. The molecule has 1 aromatic heterocycles. The lowest BCUT2D eigenvalue weighted by Gasteiger charge is -2.13. The summed E-state index contributed by atoms with van der Waals surface area (Å²) in [5, 5.41) is 7.65. The molecule has 0 aliphatic rings. The van der Waals surface area contributed by atoms with E-state index in [9.17, 15) is 0 Å². The normalized spacial score (nSPS) is 11.0. The second-order valence-corrected chi connectivity index (χ2v) is 6.77. The number of hydrogen-bond donors (Lipinski definition) is 2. The van der Waals surface area contributed by atoms with Gasteiger partial charge in [0.2, 0.25) is 0 Å². The molecular weight excluding hydrogens is 447 g/mol. The molecule has 1 aromatic carbocycles. The Kier molecular flexibility index (Phi) is 9.81. The van der Waals surface area contributed by atoms with Crippen molar-refractivity contribution in [3.05, 3.63) is 45.4 Å². The van der Waals surface area contributed by atoms with Gasteiger partial charge in [-0.2, -0.15) is 0 Å². The summed E-state index contributed by atoms with van der Waals surface area (Å²) in [4.78, 5) is 10.3. The van der Waals surface area contributed by atoms with Crippen LogP contribution >= 0.6 is 35.3 Å². The van der Waals surface area contributed by atoms with Gasteiger partial charge < -0.3 is 15.4 Å². The predicted molar refractivity (Wildman–Crippen MR) is 116 cm³/mol. The molecule has 0 saturated carbocycles. The standard InChI is InChI=1S/C18H26N4OS.HI/c1-5-19-18(21-12-17-14(3)22-15(4)24-17)20-10-11-23-16-9-7-6-8-13(16)2;/h6-9H,5,10-12H2,1-4H3,(H2,19,20,21);1H. The molecule has 138 valence electrons. The average Bonchev–Trinajstić information content (AvgIpc) is 2.88. The van der Waals surface area contributed by atoms with E-state index >= 15 is 0 Å². The Hall–Kier alpha value is -1.35. The van der Waals surface area contributed by atoms with E-state index in [0.29, 0.717) is 19.7 Å². The number of nitrogens with one attached hydrogen (secondary N) is 2. The van der Waals surface area contributed by atoms with Crippen molar-refractivity contribution in [1.82, 2.24) is 15.6 Å². The van der Waals surface area contributed by atoms with Crippen LogP contribution in [0.5, 0.6) is 5.75 Å². The van der Waals surface area contributed by atoms with E-state index in [1.165, 1.54) is 4.88 Å². The second-order valence-electron chi connectivity index (χ2n) is 5.48. The van der Waals surface area contributed by atoms with Crippen LogP contribution in [0.1, 0.15) is 28.1 Å². The maximum atomic E-state index is 5.80. The zero-order valence-corrected chi connectivity index (χ0v) is 18.4. The van der Waals surface area contributed by atoms with Gasteiger partial charge in [-0.05, 0) is 39.3 Å². The quantitative estimate of drug-likeness (QED) is 0.277. The third kappa shape index (κ3) is 7.19. The second kappa shape index (κ2) is 11.3. The van der Waals surface area contributed by atoms with Crippen LogP contribution in [0.2, 0.25) is 0 Å². The molecule has 0 aliphatic carbocycles. The summed E-state index contributed by atoms with van der Waals surface area (Å²) in [7, 11) is 0. The smallest absolute Gasteiger partial charge is 0.191 e. The van der Waals surface area contributed by atoms with Gasteiger partial charge in [0.15, 0.2) is 5.96 Å². The summed E-state index contributed by atoms with van der Waals surface area (Å²) in [5.74, 6) is 1.73. The number of rotatable bonds is 7. The molecule has 2 N–H and O–H groups in total. The number of nitrogens with zero attached hydrogens (tertiary/aromatic N) is 2. The minimum Gasteiger partial charge on any atom is -0.491 e. The summed E-state index contributed by atoms with van der Waals surface area (Å²) in [6.07, 6.45) is 0. The van der Waals surface area contributed by atoms with Gasteiger partial charge in [0, 0.05) is 11.4 Å². The van der Waals surface area contributed by atoms with Crippen molar-refractivity contribution in [1.29, 1.82) is 0 Å². The molecule has 0 bridgehead atoms. The third-order valence-corrected chi connectivity index (χ3v) is 4.53. The van der Waals surface area contributed by atoms with E-state index in [-0.39, 0.29) is 24.0 Å². The van der Waals surface area contributed by atoms with Crippen molar-refractivity contribution in [2.75, 3.05) is 19.7 Å². The van der Waals surface area contributed by atoms with Crippen LogP contribution in [-0.2, 0) is 6.54 Å². The van der Waals surface area contributed by atoms with Crippen LogP contribution in [0, 0.1) is 20.8 Å². The molecule has 0 atom stereocenters. The predicted octanol–water partition coefficient (Wildman–Crippen LogP) is 3.82. The first-order valence-corrected chi connectivity index (χ1v) is 9.05. The summed E-state index contributed by atoms with van der Waals surface area (Å²) in [5.41, 5.74) is 2.22. The highest BCUT2D eigenvalue weighted by Crippen LogP contribution is 2.18. The van der Waals surface area contributed by atoms with Crippen LogP contribution in [0.15, 0.2) is 29.3 Å². The van der Waals surface area contributed by atoms with Gasteiger partial charge in [-0.15, -0.1) is 35.3 Å². The van der Waals surface area contributed by atoms with Crippen LogP contribution < -0.4 is 15.4 Å². The Morgan fingerprint density at radius 3 is 2.60 bits per heavy atom. The average molecular weight is 474 g/mol. The molecule has 0 fully saturated rings. The first kappa shape index (κ1) is 21.7. The number of thiazole rings is 1. The van der Waals surface area contributed by atoms with Gasteiger partial charge in [-0.1, -0.05) is 18.2 Å². The fourth-order valence-corrected chi connectivity index (χ4v) is 3.12. The molecule has 0 aliphatic heterocycles. The topological polar surface area (TPSA) is 58.5 Å². The highest BCUT2D eigenvalue weighted by Gasteiger charge is 2.05. The summed E-state index contributed by atoms with van der Waals surface area (Å²) in [6.45, 7) is 10.9. The summed E-state index contributed by atoms with van der Waals surface area (Å²) < 4.78 is 5.80. The Labute approximate surface area is 171 Å². The Morgan fingerprint density at radius 1 is 1.20 bits per heavy atom. The zero-order chi connectivity index (χ0) is 17.4. The molecule has 2 aromatic rings. The van der Waals surface area contributed by atoms with Crippen molar-refractivity contribution in [2.45, 2.75) is 34.2 Å². The van der Waals surface area contributed by atoms with E-state index < -0.39 is 0 Å². The number of guanidine groups is 1. The number of aryl methyl sites for hydroxylation is 3. The fraction of sp³-hybridized carbons (Fsp3) is 0.444. The van der Waals surface area contributed by atoms with Crippen LogP contribution in [0.25, 0.3) is 0 Å². The maximum absolute atomic E-state index is 5.80. The number of aromatic nitrogens is 1. The van der Waals surface area contributed by atoms with Crippen LogP contribution in [0.4, 0.5) is 0 Å². The van der Waals surface area contributed by atoms with Crippen molar-refractivity contribution >= 4 is 41.3 Å². The Bertz CT molecular complexity index is 687. The number of hydrogen-bond acceptors (Lipinski definition) is 4.